The molecular formula is C22H29N3O4. The summed E-state index contributed by atoms with van der Waals surface area (Å²) < 4.78 is 11.1. The maximum absolute atomic E-state index is 13.2. The third kappa shape index (κ3) is 3.16. The molecule has 7 nitrogen and oxygen atoms in total. The van der Waals surface area contributed by atoms with Crippen LogP contribution in [0.3, 0.4) is 0 Å². The molecule has 29 heavy (non-hydrogen) atoms. The van der Waals surface area contributed by atoms with Crippen LogP contribution in [0, 0.1) is 5.92 Å². The Kier molecular flexibility index (Phi) is 4.65. The third-order valence-corrected chi connectivity index (χ3v) is 7.19. The molecule has 1 aromatic carbocycles. The molecule has 4 fully saturated rings. The molecule has 3 atom stereocenters. The van der Waals surface area contributed by atoms with Crippen molar-refractivity contribution in [2.75, 3.05) is 40.5 Å². The van der Waals surface area contributed by atoms with Gasteiger partial charge >= 0.3 is 0 Å². The number of rotatable bonds is 4. The van der Waals surface area contributed by atoms with Crippen molar-refractivity contribution >= 4 is 11.8 Å². The molecular weight excluding hydrogens is 370 g/mol. The highest BCUT2D eigenvalue weighted by atomic mass is 16.7. The Morgan fingerprint density at radius 1 is 1.07 bits per heavy atom. The average Bonchev–Trinajstić information content (AvgIpc) is 3.37. The van der Waals surface area contributed by atoms with Gasteiger partial charge in [-0.15, -0.1) is 0 Å². The fourth-order valence-corrected chi connectivity index (χ4v) is 5.72. The highest BCUT2D eigenvalue weighted by Gasteiger charge is 2.54. The highest BCUT2D eigenvalue weighted by molar-refractivity contribution is 5.84. The first-order valence-corrected chi connectivity index (χ1v) is 10.7. The summed E-state index contributed by atoms with van der Waals surface area (Å²) in [7, 11) is 3.48. The Morgan fingerprint density at radius 2 is 1.83 bits per heavy atom. The zero-order valence-electron chi connectivity index (χ0n) is 17.2. The van der Waals surface area contributed by atoms with E-state index in [0.717, 1.165) is 44.0 Å². The SMILES string of the molecule is CN(C)C(=O)CCC(=O)N1C[C@@H](c2ccc3c(c2)OCO3)[C@@H]2[C@H]1C1CCN2CC1. The summed E-state index contributed by atoms with van der Waals surface area (Å²) in [5, 5.41) is 0. The van der Waals surface area contributed by atoms with Crippen molar-refractivity contribution in [1.29, 1.82) is 0 Å². The summed E-state index contributed by atoms with van der Waals surface area (Å²) >= 11 is 0. The van der Waals surface area contributed by atoms with Crippen molar-refractivity contribution in [3.8, 4) is 11.5 Å². The van der Waals surface area contributed by atoms with Crippen LogP contribution in [0.1, 0.15) is 37.2 Å². The second-order valence-electron chi connectivity index (χ2n) is 8.91. The number of amides is 2. The minimum absolute atomic E-state index is 0.00957. The van der Waals surface area contributed by atoms with Gasteiger partial charge in [0.2, 0.25) is 18.6 Å². The van der Waals surface area contributed by atoms with Crippen LogP contribution in [0.2, 0.25) is 0 Å². The molecule has 1 aromatic rings. The molecule has 5 aliphatic heterocycles. The largest absolute Gasteiger partial charge is 0.454 e. The Bertz CT molecular complexity index is 818. The molecule has 0 saturated carbocycles. The molecule has 6 rings (SSSR count). The van der Waals surface area contributed by atoms with Gasteiger partial charge in [0.1, 0.15) is 0 Å². The summed E-state index contributed by atoms with van der Waals surface area (Å²) in [4.78, 5) is 31.4. The Balaban J connectivity index is 1.40. The lowest BCUT2D eigenvalue weighted by Gasteiger charge is -2.51. The van der Waals surface area contributed by atoms with Gasteiger partial charge in [-0.1, -0.05) is 6.07 Å². The van der Waals surface area contributed by atoms with Crippen LogP contribution in [-0.2, 0) is 9.59 Å². The summed E-state index contributed by atoms with van der Waals surface area (Å²) in [5.74, 6) is 2.56. The fourth-order valence-electron chi connectivity index (χ4n) is 5.72. The minimum atomic E-state index is 0.00957. The minimum Gasteiger partial charge on any atom is -0.454 e. The van der Waals surface area contributed by atoms with Gasteiger partial charge in [0.15, 0.2) is 11.5 Å². The summed E-state index contributed by atoms with van der Waals surface area (Å²) in [6, 6.07) is 6.83. The van der Waals surface area contributed by atoms with Crippen molar-refractivity contribution in [3.05, 3.63) is 23.8 Å². The van der Waals surface area contributed by atoms with E-state index >= 15 is 0 Å². The molecule has 2 amide bonds. The molecule has 156 valence electrons. The molecule has 0 aromatic heterocycles. The molecule has 2 bridgehead atoms. The predicted molar refractivity (Wildman–Crippen MR) is 107 cm³/mol. The Labute approximate surface area is 171 Å². The molecule has 0 spiro atoms. The molecule has 0 aliphatic carbocycles. The van der Waals surface area contributed by atoms with Gasteiger partial charge in [-0.3, -0.25) is 14.5 Å². The van der Waals surface area contributed by atoms with Gasteiger partial charge in [0.25, 0.3) is 0 Å². The Morgan fingerprint density at radius 3 is 2.59 bits per heavy atom. The van der Waals surface area contributed by atoms with E-state index in [2.05, 4.69) is 21.9 Å². The number of fused-ring (bicyclic) bond motifs is 3. The lowest BCUT2D eigenvalue weighted by molar-refractivity contribution is -0.139. The molecule has 5 aliphatic rings. The van der Waals surface area contributed by atoms with Gasteiger partial charge < -0.3 is 19.3 Å². The maximum Gasteiger partial charge on any atom is 0.231 e. The van der Waals surface area contributed by atoms with Crippen LogP contribution < -0.4 is 9.47 Å². The van der Waals surface area contributed by atoms with Crippen molar-refractivity contribution in [2.45, 2.75) is 43.7 Å². The highest BCUT2D eigenvalue weighted by Crippen LogP contribution is 2.48. The van der Waals surface area contributed by atoms with E-state index in [1.807, 2.05) is 6.07 Å². The first-order chi connectivity index (χ1) is 14.0. The smallest absolute Gasteiger partial charge is 0.231 e. The number of nitrogens with zero attached hydrogens (tertiary/aromatic N) is 3. The Hall–Kier alpha value is -2.28. The zero-order chi connectivity index (χ0) is 20.1. The molecule has 0 unspecified atom stereocenters. The van der Waals surface area contributed by atoms with Crippen molar-refractivity contribution in [3.63, 3.8) is 0 Å². The van der Waals surface area contributed by atoms with Crippen molar-refractivity contribution in [2.24, 2.45) is 5.92 Å². The number of carbonyl (C=O) groups is 2. The third-order valence-electron chi connectivity index (χ3n) is 7.19. The number of piperidine rings is 3. The van der Waals surface area contributed by atoms with E-state index in [9.17, 15) is 9.59 Å². The zero-order valence-corrected chi connectivity index (χ0v) is 17.2. The van der Waals surface area contributed by atoms with Crippen LogP contribution in [0.25, 0.3) is 0 Å². The number of hydrogen-bond acceptors (Lipinski definition) is 5. The second kappa shape index (κ2) is 7.20. The maximum atomic E-state index is 13.2. The predicted octanol–water partition coefficient (Wildman–Crippen LogP) is 1.67. The molecule has 7 heteroatoms. The first-order valence-electron chi connectivity index (χ1n) is 10.7. The van der Waals surface area contributed by atoms with Crippen molar-refractivity contribution < 1.29 is 19.1 Å². The molecule has 0 N–H and O–H groups in total. The van der Waals surface area contributed by atoms with E-state index in [0.29, 0.717) is 18.4 Å². The van der Waals surface area contributed by atoms with E-state index in [1.54, 1.807) is 19.0 Å². The van der Waals surface area contributed by atoms with Crippen molar-refractivity contribution in [1.82, 2.24) is 14.7 Å². The van der Waals surface area contributed by atoms with E-state index in [-0.39, 0.29) is 37.0 Å². The van der Waals surface area contributed by atoms with Gasteiger partial charge in [-0.2, -0.15) is 0 Å². The lowest BCUT2D eigenvalue weighted by atomic mass is 9.75. The van der Waals surface area contributed by atoms with E-state index in [1.165, 1.54) is 5.56 Å². The summed E-state index contributed by atoms with van der Waals surface area (Å²) in [6.07, 6.45) is 2.90. The van der Waals surface area contributed by atoms with Crippen LogP contribution in [-0.4, -0.2) is 79.1 Å². The topological polar surface area (TPSA) is 62.3 Å². The van der Waals surface area contributed by atoms with Crippen LogP contribution in [0.15, 0.2) is 18.2 Å². The number of benzene rings is 1. The van der Waals surface area contributed by atoms with Crippen LogP contribution in [0.5, 0.6) is 11.5 Å². The van der Waals surface area contributed by atoms with Gasteiger partial charge in [-0.05, 0) is 49.5 Å². The monoisotopic (exact) mass is 399 g/mol. The standard InChI is InChI=1S/C22H29N3O4/c1-23(2)19(26)5-6-20(27)25-12-16(15-3-4-17-18(11-15)29-13-28-17)22-21(25)14-7-9-24(22)10-8-14/h3-4,11,14,16,21-22H,5-10,12-13H2,1-2H3/t16-,21+,22+/m0/s1. The fraction of sp³-hybridized carbons (Fsp3) is 0.636. The van der Waals surface area contributed by atoms with Crippen LogP contribution in [0.4, 0.5) is 0 Å². The first kappa shape index (κ1) is 18.7. The molecule has 0 radical (unpaired) electrons. The molecule has 4 saturated heterocycles. The molecule has 5 heterocycles. The normalized spacial score (nSPS) is 31.7. The second-order valence-corrected chi connectivity index (χ2v) is 8.91. The quantitative estimate of drug-likeness (QED) is 0.771. The van der Waals surface area contributed by atoms with Gasteiger partial charge in [-0.25, -0.2) is 0 Å². The summed E-state index contributed by atoms with van der Waals surface area (Å²) in [6.45, 7) is 3.23. The van der Waals surface area contributed by atoms with E-state index < -0.39 is 0 Å². The number of likely N-dealkylation sites (tertiary alicyclic amines) is 1. The van der Waals surface area contributed by atoms with E-state index in [4.69, 9.17) is 9.47 Å². The number of ether oxygens (including phenoxy) is 2. The number of hydrogen-bond donors (Lipinski definition) is 0. The lowest BCUT2D eigenvalue weighted by Crippen LogP contribution is -2.60. The average molecular weight is 399 g/mol. The van der Waals surface area contributed by atoms with Gasteiger partial charge in [0.05, 0.1) is 6.04 Å². The van der Waals surface area contributed by atoms with Gasteiger partial charge in [0, 0.05) is 45.4 Å². The van der Waals surface area contributed by atoms with Crippen LogP contribution >= 0.6 is 0 Å². The summed E-state index contributed by atoms with van der Waals surface area (Å²) in [5.41, 5.74) is 1.22. The number of carbonyl (C=O) groups excluding carboxylic acids is 2.